The number of fused-ring (bicyclic) bond motifs is 3. The molecule has 4 rings (SSSR count). The number of aryl methyl sites for hydroxylation is 1. The second kappa shape index (κ2) is 4.56. The van der Waals surface area contributed by atoms with Gasteiger partial charge in [-0.3, -0.25) is 0 Å². The topological polar surface area (TPSA) is 41.1 Å². The number of benzene rings is 1. The Morgan fingerprint density at radius 3 is 2.85 bits per heavy atom. The summed E-state index contributed by atoms with van der Waals surface area (Å²) in [4.78, 5) is 11.7. The molecule has 1 N–H and O–H groups in total. The summed E-state index contributed by atoms with van der Waals surface area (Å²) >= 11 is 0. The van der Waals surface area contributed by atoms with Crippen LogP contribution in [0.25, 0.3) is 11.3 Å². The van der Waals surface area contributed by atoms with Gasteiger partial charge in [0.1, 0.15) is 0 Å². The van der Waals surface area contributed by atoms with Crippen LogP contribution in [-0.4, -0.2) is 36.1 Å². The largest absolute Gasteiger partial charge is 0.338 e. The highest BCUT2D eigenvalue weighted by Crippen LogP contribution is 2.36. The Balaban J connectivity index is 1.76. The van der Waals surface area contributed by atoms with E-state index >= 15 is 0 Å². The van der Waals surface area contributed by atoms with Crippen LogP contribution in [0, 0.1) is 6.92 Å². The Morgan fingerprint density at radius 2 is 2.00 bits per heavy atom. The van der Waals surface area contributed by atoms with Gasteiger partial charge in [0, 0.05) is 49.9 Å². The van der Waals surface area contributed by atoms with Crippen LogP contribution in [0.4, 0.5) is 5.95 Å². The van der Waals surface area contributed by atoms with Crippen molar-refractivity contribution >= 4 is 5.95 Å². The van der Waals surface area contributed by atoms with E-state index in [9.17, 15) is 0 Å². The normalized spacial score (nSPS) is 16.9. The zero-order chi connectivity index (χ0) is 13.5. The maximum atomic E-state index is 4.85. The minimum Gasteiger partial charge on any atom is -0.338 e. The number of hydrogen-bond donors (Lipinski definition) is 1. The van der Waals surface area contributed by atoms with Crippen molar-refractivity contribution in [3.63, 3.8) is 0 Å². The molecule has 0 unspecified atom stereocenters. The second-order valence-electron chi connectivity index (χ2n) is 5.62. The van der Waals surface area contributed by atoms with Gasteiger partial charge < -0.3 is 10.2 Å². The van der Waals surface area contributed by atoms with Crippen molar-refractivity contribution in [2.45, 2.75) is 13.3 Å². The maximum Gasteiger partial charge on any atom is 0.225 e. The third-order valence-corrected chi connectivity index (χ3v) is 4.15. The highest BCUT2D eigenvalue weighted by molar-refractivity contribution is 5.74. The van der Waals surface area contributed by atoms with Gasteiger partial charge in [-0.25, -0.2) is 9.97 Å². The van der Waals surface area contributed by atoms with Crippen LogP contribution in [0.1, 0.15) is 16.7 Å². The van der Waals surface area contributed by atoms with Crippen molar-refractivity contribution in [3.8, 4) is 11.3 Å². The first-order valence-electron chi connectivity index (χ1n) is 7.23. The zero-order valence-corrected chi connectivity index (χ0v) is 11.7. The quantitative estimate of drug-likeness (QED) is 0.729. The van der Waals surface area contributed by atoms with Crippen molar-refractivity contribution in [3.05, 3.63) is 41.1 Å². The molecule has 0 atom stereocenters. The van der Waals surface area contributed by atoms with Gasteiger partial charge >= 0.3 is 0 Å². The number of nitrogens with one attached hydrogen (secondary N) is 1. The first kappa shape index (κ1) is 11.9. The fraction of sp³-hybridized carbons (Fsp3) is 0.375. The van der Waals surface area contributed by atoms with E-state index in [2.05, 4.69) is 40.3 Å². The Labute approximate surface area is 118 Å². The number of anilines is 1. The smallest absolute Gasteiger partial charge is 0.225 e. The summed E-state index contributed by atoms with van der Waals surface area (Å²) in [6.07, 6.45) is 2.97. The van der Waals surface area contributed by atoms with Crippen molar-refractivity contribution in [1.82, 2.24) is 15.3 Å². The minimum atomic E-state index is 0.875. The van der Waals surface area contributed by atoms with E-state index in [0.29, 0.717) is 0 Å². The molecule has 1 aliphatic carbocycles. The van der Waals surface area contributed by atoms with E-state index in [1.54, 1.807) is 0 Å². The van der Waals surface area contributed by atoms with Crippen molar-refractivity contribution in [1.29, 1.82) is 0 Å². The summed E-state index contributed by atoms with van der Waals surface area (Å²) in [5.41, 5.74) is 6.34. The molecule has 20 heavy (non-hydrogen) atoms. The summed E-state index contributed by atoms with van der Waals surface area (Å²) in [6, 6.07) is 6.64. The van der Waals surface area contributed by atoms with Crippen LogP contribution in [0.15, 0.2) is 24.4 Å². The maximum absolute atomic E-state index is 4.85. The van der Waals surface area contributed by atoms with Crippen LogP contribution in [0.3, 0.4) is 0 Å². The molecule has 0 amide bonds. The monoisotopic (exact) mass is 266 g/mol. The predicted octanol–water partition coefficient (Wildman–Crippen LogP) is 1.77. The molecule has 1 aromatic carbocycles. The van der Waals surface area contributed by atoms with Gasteiger partial charge in [-0.15, -0.1) is 0 Å². The van der Waals surface area contributed by atoms with Gasteiger partial charge in [-0.2, -0.15) is 0 Å². The fourth-order valence-corrected chi connectivity index (χ4v) is 3.05. The predicted molar refractivity (Wildman–Crippen MR) is 80.1 cm³/mol. The molecular formula is C16H18N4. The molecule has 4 nitrogen and oxygen atoms in total. The van der Waals surface area contributed by atoms with E-state index in [4.69, 9.17) is 4.98 Å². The van der Waals surface area contributed by atoms with Crippen molar-refractivity contribution in [2.75, 3.05) is 31.1 Å². The van der Waals surface area contributed by atoms with Crippen LogP contribution in [0.2, 0.25) is 0 Å². The van der Waals surface area contributed by atoms with Crippen molar-refractivity contribution < 1.29 is 0 Å². The summed E-state index contributed by atoms with van der Waals surface area (Å²) in [5.74, 6) is 0.875. The van der Waals surface area contributed by atoms with Crippen LogP contribution < -0.4 is 10.2 Å². The number of aromatic nitrogens is 2. The lowest BCUT2D eigenvalue weighted by Crippen LogP contribution is -2.44. The molecule has 1 fully saturated rings. The van der Waals surface area contributed by atoms with Gasteiger partial charge in [0.25, 0.3) is 0 Å². The highest BCUT2D eigenvalue weighted by Gasteiger charge is 2.22. The summed E-state index contributed by atoms with van der Waals surface area (Å²) in [7, 11) is 0. The molecule has 2 aliphatic rings. The highest BCUT2D eigenvalue weighted by atomic mass is 15.3. The molecule has 0 bridgehead atoms. The Hall–Kier alpha value is -1.94. The molecule has 1 aromatic heterocycles. The van der Waals surface area contributed by atoms with Gasteiger partial charge in [0.05, 0.1) is 5.69 Å². The summed E-state index contributed by atoms with van der Waals surface area (Å²) in [6.45, 7) is 6.13. The number of hydrogen-bond acceptors (Lipinski definition) is 4. The standard InChI is InChI=1S/C16H18N4/c1-11-2-3-12-9-13-10-18-16(19-15(13)14(12)8-11)20-6-4-17-5-7-20/h2-3,8,10,17H,4-7,9H2,1H3. The van der Waals surface area contributed by atoms with E-state index in [1.165, 1.54) is 22.3 Å². The van der Waals surface area contributed by atoms with Crippen LogP contribution in [0.5, 0.6) is 0 Å². The van der Waals surface area contributed by atoms with E-state index in [-0.39, 0.29) is 0 Å². The molecule has 0 spiro atoms. The number of rotatable bonds is 1. The number of piperazine rings is 1. The number of nitrogens with zero attached hydrogens (tertiary/aromatic N) is 3. The molecule has 1 aliphatic heterocycles. The molecule has 102 valence electrons. The SMILES string of the molecule is Cc1ccc2c(c1)-c1nc(N3CCNCC3)ncc1C2. The summed E-state index contributed by atoms with van der Waals surface area (Å²) < 4.78 is 0. The van der Waals surface area contributed by atoms with Gasteiger partial charge in [-0.05, 0) is 18.6 Å². The van der Waals surface area contributed by atoms with Gasteiger partial charge in [0.2, 0.25) is 5.95 Å². The lowest BCUT2D eigenvalue weighted by atomic mass is 10.1. The lowest BCUT2D eigenvalue weighted by molar-refractivity contribution is 0.580. The Kier molecular flexibility index (Phi) is 2.70. The zero-order valence-electron chi connectivity index (χ0n) is 11.7. The first-order valence-corrected chi connectivity index (χ1v) is 7.23. The molecule has 2 heterocycles. The van der Waals surface area contributed by atoms with E-state index < -0.39 is 0 Å². The Bertz CT molecular complexity index is 660. The van der Waals surface area contributed by atoms with Gasteiger partial charge in [-0.1, -0.05) is 17.7 Å². The minimum absolute atomic E-state index is 0.875. The third-order valence-electron chi connectivity index (χ3n) is 4.15. The average Bonchev–Trinajstić information content (AvgIpc) is 2.85. The fourth-order valence-electron chi connectivity index (χ4n) is 3.05. The average molecular weight is 266 g/mol. The lowest BCUT2D eigenvalue weighted by Gasteiger charge is -2.27. The molecule has 1 saturated heterocycles. The van der Waals surface area contributed by atoms with Crippen molar-refractivity contribution in [2.24, 2.45) is 0 Å². The second-order valence-corrected chi connectivity index (χ2v) is 5.62. The summed E-state index contributed by atoms with van der Waals surface area (Å²) in [5, 5.41) is 3.36. The van der Waals surface area contributed by atoms with E-state index in [0.717, 1.165) is 44.2 Å². The van der Waals surface area contributed by atoms with Crippen LogP contribution in [-0.2, 0) is 6.42 Å². The molecular weight excluding hydrogens is 248 g/mol. The third kappa shape index (κ3) is 1.88. The molecule has 0 radical (unpaired) electrons. The molecule has 0 saturated carbocycles. The molecule has 4 heteroatoms. The van der Waals surface area contributed by atoms with Gasteiger partial charge in [0.15, 0.2) is 0 Å². The Morgan fingerprint density at radius 1 is 1.15 bits per heavy atom. The van der Waals surface area contributed by atoms with Crippen LogP contribution >= 0.6 is 0 Å². The van der Waals surface area contributed by atoms with E-state index in [1.807, 2.05) is 6.20 Å². The first-order chi connectivity index (χ1) is 9.81. The molecule has 2 aromatic rings.